The lowest BCUT2D eigenvalue weighted by atomic mass is 10.1. The van der Waals surface area contributed by atoms with Crippen molar-refractivity contribution < 1.29 is 5.11 Å². The van der Waals surface area contributed by atoms with E-state index in [0.29, 0.717) is 17.9 Å². The number of piperazine rings is 1. The van der Waals surface area contributed by atoms with Crippen molar-refractivity contribution in [3.05, 3.63) is 17.6 Å². The Morgan fingerprint density at radius 2 is 1.83 bits per heavy atom. The van der Waals surface area contributed by atoms with Crippen LogP contribution < -0.4 is 4.90 Å². The minimum Gasteiger partial charge on any atom is -0.392 e. The van der Waals surface area contributed by atoms with Crippen LogP contribution in [0.1, 0.15) is 64.9 Å². The Morgan fingerprint density at radius 3 is 2.35 bits per heavy atom. The number of anilines is 1. The topological polar surface area (TPSA) is 52.5 Å². The molecule has 23 heavy (non-hydrogen) atoms. The molecule has 2 atom stereocenters. The zero-order valence-corrected chi connectivity index (χ0v) is 15.5. The van der Waals surface area contributed by atoms with Gasteiger partial charge >= 0.3 is 0 Å². The average molecular weight is 320 g/mol. The maximum absolute atomic E-state index is 9.62. The molecule has 5 heteroatoms. The van der Waals surface area contributed by atoms with E-state index >= 15 is 0 Å². The first-order valence-corrected chi connectivity index (χ1v) is 8.83. The summed E-state index contributed by atoms with van der Waals surface area (Å²) in [5.74, 6) is 2.73. The van der Waals surface area contributed by atoms with E-state index < -0.39 is 0 Å². The van der Waals surface area contributed by atoms with Crippen LogP contribution in [0.4, 0.5) is 5.82 Å². The Morgan fingerprint density at radius 1 is 1.13 bits per heavy atom. The first-order valence-electron chi connectivity index (χ1n) is 8.83. The van der Waals surface area contributed by atoms with Gasteiger partial charge in [0.15, 0.2) is 0 Å². The molecule has 0 saturated carbocycles. The van der Waals surface area contributed by atoms with Crippen LogP contribution in [0.25, 0.3) is 0 Å². The number of β-amino-alcohol motifs (C(OH)–C–C–N with tert-alkyl or cyclic N) is 1. The maximum Gasteiger partial charge on any atom is 0.133 e. The summed E-state index contributed by atoms with van der Waals surface area (Å²) < 4.78 is 0. The Balaban J connectivity index is 2.19. The Hall–Kier alpha value is -1.20. The van der Waals surface area contributed by atoms with Crippen LogP contribution in [0.3, 0.4) is 0 Å². The van der Waals surface area contributed by atoms with Gasteiger partial charge in [-0.15, -0.1) is 0 Å². The number of rotatable bonds is 5. The minimum atomic E-state index is -0.275. The molecule has 0 spiro atoms. The van der Waals surface area contributed by atoms with E-state index in [2.05, 4.69) is 50.5 Å². The zero-order chi connectivity index (χ0) is 17.1. The molecule has 1 aromatic rings. The van der Waals surface area contributed by atoms with E-state index in [1.54, 1.807) is 0 Å². The highest BCUT2D eigenvalue weighted by Crippen LogP contribution is 2.24. The fraction of sp³-hybridized carbons (Fsp3) is 0.778. The van der Waals surface area contributed by atoms with E-state index in [9.17, 15) is 5.11 Å². The van der Waals surface area contributed by atoms with Crippen LogP contribution in [-0.2, 0) is 0 Å². The van der Waals surface area contributed by atoms with Gasteiger partial charge in [-0.1, -0.05) is 27.7 Å². The fourth-order valence-corrected chi connectivity index (χ4v) is 3.00. The largest absolute Gasteiger partial charge is 0.392 e. The van der Waals surface area contributed by atoms with Crippen molar-refractivity contribution in [2.45, 2.75) is 65.5 Å². The molecular formula is C18H32N4O. The maximum atomic E-state index is 9.62. The lowest BCUT2D eigenvalue weighted by Gasteiger charge is -2.41. The molecule has 0 aromatic carbocycles. The normalized spacial score (nSPS) is 21.3. The highest BCUT2D eigenvalue weighted by atomic mass is 16.3. The summed E-state index contributed by atoms with van der Waals surface area (Å²) in [7, 11) is 0. The number of nitrogens with zero attached hydrogens (tertiary/aromatic N) is 4. The van der Waals surface area contributed by atoms with Gasteiger partial charge in [-0.05, 0) is 19.8 Å². The Bertz CT molecular complexity index is 489. The second-order valence-electron chi connectivity index (χ2n) is 7.46. The molecule has 1 aliphatic rings. The van der Waals surface area contributed by atoms with Crippen molar-refractivity contribution in [2.24, 2.45) is 0 Å². The zero-order valence-electron chi connectivity index (χ0n) is 15.5. The smallest absolute Gasteiger partial charge is 0.133 e. The Labute approximate surface area is 140 Å². The van der Waals surface area contributed by atoms with Crippen molar-refractivity contribution in [1.29, 1.82) is 0 Å². The van der Waals surface area contributed by atoms with Gasteiger partial charge in [0.2, 0.25) is 0 Å². The molecule has 0 amide bonds. The second-order valence-corrected chi connectivity index (χ2v) is 7.46. The van der Waals surface area contributed by atoms with Crippen molar-refractivity contribution in [1.82, 2.24) is 14.9 Å². The molecule has 5 nitrogen and oxygen atoms in total. The molecule has 0 aliphatic carbocycles. The number of aliphatic hydroxyl groups is 1. The highest BCUT2D eigenvalue weighted by Gasteiger charge is 2.26. The van der Waals surface area contributed by atoms with Crippen molar-refractivity contribution in [3.8, 4) is 0 Å². The molecule has 1 fully saturated rings. The van der Waals surface area contributed by atoms with E-state index in [-0.39, 0.29) is 6.10 Å². The van der Waals surface area contributed by atoms with E-state index in [1.165, 1.54) is 0 Å². The highest BCUT2D eigenvalue weighted by molar-refractivity contribution is 5.42. The SMILES string of the molecule is CC(C)c1cc(N2CCN(C[C@H](C)O)[C@H](C)C2)nc(C(C)C)n1. The third-order valence-corrected chi connectivity index (χ3v) is 4.45. The van der Waals surface area contributed by atoms with Gasteiger partial charge in [-0.2, -0.15) is 0 Å². The summed E-state index contributed by atoms with van der Waals surface area (Å²) in [5.41, 5.74) is 1.12. The summed E-state index contributed by atoms with van der Waals surface area (Å²) in [6.07, 6.45) is -0.275. The molecule has 2 heterocycles. The minimum absolute atomic E-state index is 0.275. The average Bonchev–Trinajstić information content (AvgIpc) is 2.48. The summed E-state index contributed by atoms with van der Waals surface area (Å²) in [4.78, 5) is 14.2. The standard InChI is InChI=1S/C18H32N4O/c1-12(2)16-9-17(20-18(19-16)13(3)4)22-8-7-21(11-15(6)23)14(5)10-22/h9,12-15,23H,7-8,10-11H2,1-6H3/t14-,15+/m1/s1. The molecule has 0 radical (unpaired) electrons. The van der Waals surface area contributed by atoms with Crippen molar-refractivity contribution in [3.63, 3.8) is 0 Å². The fourth-order valence-electron chi connectivity index (χ4n) is 3.00. The summed E-state index contributed by atoms with van der Waals surface area (Å²) in [6.45, 7) is 16.3. The molecule has 2 rings (SSSR count). The molecule has 1 N–H and O–H groups in total. The molecule has 1 aliphatic heterocycles. The number of hydrogen-bond donors (Lipinski definition) is 1. The number of aromatic nitrogens is 2. The molecule has 1 saturated heterocycles. The van der Waals surface area contributed by atoms with E-state index in [1.807, 2.05) is 6.92 Å². The Kier molecular flexibility index (Phi) is 5.98. The first-order chi connectivity index (χ1) is 10.8. The van der Waals surface area contributed by atoms with Gasteiger partial charge in [-0.25, -0.2) is 9.97 Å². The van der Waals surface area contributed by atoms with Gasteiger partial charge < -0.3 is 10.0 Å². The summed E-state index contributed by atoms with van der Waals surface area (Å²) in [5, 5.41) is 9.62. The van der Waals surface area contributed by atoms with Crippen LogP contribution in [0.2, 0.25) is 0 Å². The van der Waals surface area contributed by atoms with Gasteiger partial charge in [0, 0.05) is 49.9 Å². The number of hydrogen-bond acceptors (Lipinski definition) is 5. The first kappa shape index (κ1) is 18.1. The van der Waals surface area contributed by atoms with E-state index in [4.69, 9.17) is 9.97 Å². The third-order valence-electron chi connectivity index (χ3n) is 4.45. The van der Waals surface area contributed by atoms with Gasteiger partial charge in [0.25, 0.3) is 0 Å². The quantitative estimate of drug-likeness (QED) is 0.904. The van der Waals surface area contributed by atoms with E-state index in [0.717, 1.165) is 43.5 Å². The predicted molar refractivity (Wildman–Crippen MR) is 95.1 cm³/mol. The lowest BCUT2D eigenvalue weighted by molar-refractivity contribution is 0.0958. The van der Waals surface area contributed by atoms with Crippen LogP contribution in [0, 0.1) is 0 Å². The molecule has 0 unspecified atom stereocenters. The third kappa shape index (κ3) is 4.64. The van der Waals surface area contributed by atoms with Crippen LogP contribution in [-0.4, -0.2) is 58.3 Å². The van der Waals surface area contributed by atoms with Crippen molar-refractivity contribution >= 4 is 5.82 Å². The molecule has 1 aromatic heterocycles. The molecule has 0 bridgehead atoms. The summed E-state index contributed by atoms with van der Waals surface area (Å²) >= 11 is 0. The monoisotopic (exact) mass is 320 g/mol. The lowest BCUT2D eigenvalue weighted by Crippen LogP contribution is -2.53. The molecule has 130 valence electrons. The second kappa shape index (κ2) is 7.58. The predicted octanol–water partition coefficient (Wildman–Crippen LogP) is 2.61. The van der Waals surface area contributed by atoms with Crippen molar-refractivity contribution in [2.75, 3.05) is 31.1 Å². The van der Waals surface area contributed by atoms with Gasteiger partial charge in [0.05, 0.1) is 6.10 Å². The van der Waals surface area contributed by atoms with Gasteiger partial charge in [0.1, 0.15) is 11.6 Å². The van der Waals surface area contributed by atoms with Crippen LogP contribution in [0.15, 0.2) is 6.07 Å². The van der Waals surface area contributed by atoms with Gasteiger partial charge in [-0.3, -0.25) is 4.90 Å². The van der Waals surface area contributed by atoms with Crippen LogP contribution in [0.5, 0.6) is 0 Å². The number of aliphatic hydroxyl groups excluding tert-OH is 1. The molecular weight excluding hydrogens is 288 g/mol. The van der Waals surface area contributed by atoms with Crippen LogP contribution >= 0.6 is 0 Å². The summed E-state index contributed by atoms with van der Waals surface area (Å²) in [6, 6.07) is 2.56.